The number of amidine groups is 1. The number of aliphatic imine (C=N–C) groups is 1. The normalized spacial score (nSPS) is 23.4. The van der Waals surface area contributed by atoms with Crippen LogP contribution in [0.5, 0.6) is 11.5 Å². The van der Waals surface area contributed by atoms with Crippen molar-refractivity contribution in [2.24, 2.45) is 4.99 Å². The number of rotatable bonds is 6. The van der Waals surface area contributed by atoms with E-state index in [2.05, 4.69) is 5.32 Å². The molecule has 5 heteroatoms. The van der Waals surface area contributed by atoms with Gasteiger partial charge in [0, 0.05) is 5.75 Å². The molecule has 1 heterocycles. The second kappa shape index (κ2) is 7.77. The quantitative estimate of drug-likeness (QED) is 0.815. The third kappa shape index (κ3) is 4.09. The Bertz CT molecular complexity index is 504. The topological polar surface area (TPSA) is 42.9 Å². The zero-order valence-corrected chi connectivity index (χ0v) is 13.9. The Kier molecular flexibility index (Phi) is 5.48. The Morgan fingerprint density at radius 1 is 1.18 bits per heavy atom. The number of hydrogen-bond acceptors (Lipinski definition) is 5. The molecule has 0 bridgehead atoms. The first-order valence-electron chi connectivity index (χ1n) is 8.09. The van der Waals surface area contributed by atoms with E-state index in [-0.39, 0.29) is 0 Å². The zero-order valence-electron chi connectivity index (χ0n) is 13.1. The molecular formula is C17H24N2O2S. The molecule has 4 nitrogen and oxygen atoms in total. The minimum Gasteiger partial charge on any atom is -0.497 e. The second-order valence-electron chi connectivity index (χ2n) is 5.76. The van der Waals surface area contributed by atoms with Gasteiger partial charge in [-0.2, -0.15) is 0 Å². The molecule has 22 heavy (non-hydrogen) atoms. The van der Waals surface area contributed by atoms with Crippen molar-refractivity contribution in [3.63, 3.8) is 0 Å². The van der Waals surface area contributed by atoms with Gasteiger partial charge in [-0.25, -0.2) is 0 Å². The van der Waals surface area contributed by atoms with Gasteiger partial charge in [-0.3, -0.25) is 4.99 Å². The van der Waals surface area contributed by atoms with Crippen molar-refractivity contribution in [2.45, 2.75) is 44.2 Å². The van der Waals surface area contributed by atoms with Crippen LogP contribution < -0.4 is 14.8 Å². The number of nitrogens with one attached hydrogen (secondary N) is 1. The third-order valence-electron chi connectivity index (χ3n) is 4.18. The van der Waals surface area contributed by atoms with E-state index in [0.29, 0.717) is 12.1 Å². The third-order valence-corrected chi connectivity index (χ3v) is 5.17. The average molecular weight is 320 g/mol. The largest absolute Gasteiger partial charge is 0.497 e. The van der Waals surface area contributed by atoms with E-state index in [1.54, 1.807) is 7.11 Å². The van der Waals surface area contributed by atoms with E-state index in [1.165, 1.54) is 25.7 Å². The van der Waals surface area contributed by atoms with E-state index in [4.69, 9.17) is 14.5 Å². The molecule has 2 atom stereocenters. The molecule has 0 radical (unpaired) electrons. The Morgan fingerprint density at radius 3 is 2.73 bits per heavy atom. The van der Waals surface area contributed by atoms with E-state index in [9.17, 15) is 0 Å². The van der Waals surface area contributed by atoms with Gasteiger partial charge in [0.2, 0.25) is 0 Å². The van der Waals surface area contributed by atoms with Crippen molar-refractivity contribution >= 4 is 16.9 Å². The Labute approximate surface area is 136 Å². The molecule has 1 aromatic rings. The number of methoxy groups -OCH3 is 1. The molecule has 1 aliphatic carbocycles. The summed E-state index contributed by atoms with van der Waals surface area (Å²) in [5, 5.41) is 4.71. The number of benzene rings is 1. The van der Waals surface area contributed by atoms with Crippen LogP contribution in [0.2, 0.25) is 0 Å². The van der Waals surface area contributed by atoms with Crippen LogP contribution in [0.1, 0.15) is 32.1 Å². The summed E-state index contributed by atoms with van der Waals surface area (Å²) in [6.45, 7) is 0.736. The van der Waals surface area contributed by atoms with Crippen molar-refractivity contribution in [3.8, 4) is 11.5 Å². The summed E-state index contributed by atoms with van der Waals surface area (Å²) in [5.74, 6) is 2.80. The summed E-state index contributed by atoms with van der Waals surface area (Å²) in [6.07, 6.45) is 6.23. The fraction of sp³-hybridized carbons (Fsp3) is 0.588. The first kappa shape index (κ1) is 15.5. The van der Waals surface area contributed by atoms with E-state index >= 15 is 0 Å². The minimum atomic E-state index is 0.534. The Morgan fingerprint density at radius 2 is 1.95 bits per heavy atom. The van der Waals surface area contributed by atoms with Crippen molar-refractivity contribution in [1.82, 2.24) is 5.32 Å². The van der Waals surface area contributed by atoms with Gasteiger partial charge < -0.3 is 14.8 Å². The number of ether oxygens (including phenoxy) is 2. The maximum Gasteiger partial charge on any atom is 0.157 e. The summed E-state index contributed by atoms with van der Waals surface area (Å²) in [4.78, 5) is 4.80. The lowest BCUT2D eigenvalue weighted by Gasteiger charge is -2.23. The van der Waals surface area contributed by atoms with E-state index in [1.807, 2.05) is 36.0 Å². The number of thioether (sulfide) groups is 1. The lowest BCUT2D eigenvalue weighted by Crippen LogP contribution is -2.36. The predicted molar refractivity (Wildman–Crippen MR) is 92.2 cm³/mol. The van der Waals surface area contributed by atoms with Crippen LogP contribution in [0.3, 0.4) is 0 Å². The standard InChI is InChI=1S/C17H24N2O2S/c1-20-13-7-9-14(10-8-13)21-11-4-12-22-17-18-15-5-2-3-6-16(15)19-17/h7-10,15-16H,2-6,11-12H2,1H3,(H,18,19)/t15-,16-/m0/s1. The summed E-state index contributed by atoms with van der Waals surface area (Å²) < 4.78 is 10.9. The van der Waals surface area contributed by atoms with Gasteiger partial charge in [-0.1, -0.05) is 24.6 Å². The smallest absolute Gasteiger partial charge is 0.157 e. The van der Waals surface area contributed by atoms with Crippen LogP contribution in [0.4, 0.5) is 0 Å². The molecule has 0 unspecified atom stereocenters. The minimum absolute atomic E-state index is 0.534. The highest BCUT2D eigenvalue weighted by Gasteiger charge is 2.30. The molecule has 1 fully saturated rings. The highest BCUT2D eigenvalue weighted by molar-refractivity contribution is 8.13. The van der Waals surface area contributed by atoms with Crippen molar-refractivity contribution in [3.05, 3.63) is 24.3 Å². The lowest BCUT2D eigenvalue weighted by molar-refractivity contribution is 0.318. The first-order chi connectivity index (χ1) is 10.8. The van der Waals surface area contributed by atoms with Crippen LogP contribution in [0, 0.1) is 0 Å². The SMILES string of the molecule is COc1ccc(OCCCSC2=N[C@H]3CCCC[C@@H]3N2)cc1. The molecule has 0 aromatic heterocycles. The molecule has 0 spiro atoms. The van der Waals surface area contributed by atoms with Gasteiger partial charge >= 0.3 is 0 Å². The number of hydrogen-bond donors (Lipinski definition) is 1. The summed E-state index contributed by atoms with van der Waals surface area (Å²) in [5.41, 5.74) is 0. The maximum atomic E-state index is 5.74. The van der Waals surface area contributed by atoms with Crippen LogP contribution in [0.25, 0.3) is 0 Å². The molecule has 0 saturated heterocycles. The van der Waals surface area contributed by atoms with Gasteiger partial charge in [0.15, 0.2) is 5.17 Å². The fourth-order valence-corrected chi connectivity index (χ4v) is 3.85. The number of nitrogens with zero attached hydrogens (tertiary/aromatic N) is 1. The molecule has 1 saturated carbocycles. The Balaban J connectivity index is 1.32. The van der Waals surface area contributed by atoms with Crippen molar-refractivity contribution < 1.29 is 9.47 Å². The first-order valence-corrected chi connectivity index (χ1v) is 9.08. The van der Waals surface area contributed by atoms with Crippen molar-refractivity contribution in [1.29, 1.82) is 0 Å². The van der Waals surface area contributed by atoms with Gasteiger partial charge in [0.05, 0.1) is 25.8 Å². The maximum absolute atomic E-state index is 5.74. The molecule has 1 aliphatic heterocycles. The van der Waals surface area contributed by atoms with Crippen LogP contribution in [-0.2, 0) is 0 Å². The van der Waals surface area contributed by atoms with Crippen LogP contribution >= 0.6 is 11.8 Å². The molecule has 120 valence electrons. The highest BCUT2D eigenvalue weighted by Crippen LogP contribution is 2.27. The fourth-order valence-electron chi connectivity index (χ4n) is 2.95. The molecular weight excluding hydrogens is 296 g/mol. The van der Waals surface area contributed by atoms with Crippen molar-refractivity contribution in [2.75, 3.05) is 19.5 Å². The highest BCUT2D eigenvalue weighted by atomic mass is 32.2. The van der Waals surface area contributed by atoms with Gasteiger partial charge in [0.1, 0.15) is 11.5 Å². The molecule has 1 aromatic carbocycles. The zero-order chi connectivity index (χ0) is 15.2. The monoisotopic (exact) mass is 320 g/mol. The van der Waals surface area contributed by atoms with E-state index < -0.39 is 0 Å². The molecule has 0 amide bonds. The van der Waals surface area contributed by atoms with E-state index in [0.717, 1.165) is 35.4 Å². The average Bonchev–Trinajstić information content (AvgIpc) is 2.98. The molecule has 2 aliphatic rings. The molecule has 1 N–H and O–H groups in total. The predicted octanol–water partition coefficient (Wildman–Crippen LogP) is 3.47. The molecule has 3 rings (SSSR count). The summed E-state index contributed by atoms with van der Waals surface area (Å²) in [6, 6.07) is 8.86. The summed E-state index contributed by atoms with van der Waals surface area (Å²) in [7, 11) is 1.67. The Hall–Kier alpha value is -1.36. The van der Waals surface area contributed by atoms with Crippen LogP contribution in [-0.4, -0.2) is 36.7 Å². The summed E-state index contributed by atoms with van der Waals surface area (Å²) >= 11 is 1.83. The van der Waals surface area contributed by atoms with Gasteiger partial charge in [-0.05, 0) is 43.5 Å². The second-order valence-corrected chi connectivity index (χ2v) is 6.85. The lowest BCUT2D eigenvalue weighted by atomic mass is 9.92. The van der Waals surface area contributed by atoms with Crippen LogP contribution in [0.15, 0.2) is 29.3 Å². The van der Waals surface area contributed by atoms with Gasteiger partial charge in [0.25, 0.3) is 0 Å². The van der Waals surface area contributed by atoms with Gasteiger partial charge in [-0.15, -0.1) is 0 Å². The number of fused-ring (bicyclic) bond motifs is 1.